The number of hydrogen-bond acceptors (Lipinski definition) is 1. The van der Waals surface area contributed by atoms with E-state index in [1.165, 1.54) is 12.0 Å². The van der Waals surface area contributed by atoms with Crippen LogP contribution in [0, 0.1) is 5.41 Å². The first-order valence-electron chi connectivity index (χ1n) is 5.05. The van der Waals surface area contributed by atoms with Crippen molar-refractivity contribution in [2.75, 3.05) is 0 Å². The van der Waals surface area contributed by atoms with Gasteiger partial charge >= 0.3 is 0 Å². The zero-order chi connectivity index (χ0) is 10.6. The van der Waals surface area contributed by atoms with Gasteiger partial charge in [-0.05, 0) is 23.8 Å². The Hall–Kier alpha value is -1.11. The van der Waals surface area contributed by atoms with Crippen molar-refractivity contribution in [3.8, 4) is 0 Å². The Morgan fingerprint density at radius 2 is 1.71 bits per heavy atom. The Labute approximate surface area is 86.1 Å². The van der Waals surface area contributed by atoms with Crippen molar-refractivity contribution in [2.24, 2.45) is 5.41 Å². The molecule has 0 aliphatic heterocycles. The number of carbonyl (C=O) groups excluding carboxylic acids is 1. The highest BCUT2D eigenvalue weighted by Crippen LogP contribution is 2.21. The lowest BCUT2D eigenvalue weighted by Gasteiger charge is -2.17. The highest BCUT2D eigenvalue weighted by molar-refractivity contribution is 5.74. The van der Waals surface area contributed by atoms with Crippen LogP contribution in [0.25, 0.3) is 0 Å². The van der Waals surface area contributed by atoms with Crippen LogP contribution in [0.15, 0.2) is 24.3 Å². The Kier molecular flexibility index (Phi) is 3.45. The van der Waals surface area contributed by atoms with E-state index < -0.39 is 0 Å². The Balaban J connectivity index is 2.56. The zero-order valence-electron chi connectivity index (χ0n) is 9.21. The van der Waals surface area contributed by atoms with Gasteiger partial charge in [0.05, 0.1) is 0 Å². The molecule has 0 aliphatic rings. The van der Waals surface area contributed by atoms with Crippen LogP contribution in [0.1, 0.15) is 43.1 Å². The molecular formula is C13H18O. The van der Waals surface area contributed by atoms with Crippen LogP contribution in [0.3, 0.4) is 0 Å². The monoisotopic (exact) mass is 190 g/mol. The van der Waals surface area contributed by atoms with Crippen molar-refractivity contribution in [1.82, 2.24) is 0 Å². The summed E-state index contributed by atoms with van der Waals surface area (Å²) < 4.78 is 0. The Bertz CT molecular complexity index is 290. The number of aldehydes is 1. The first-order chi connectivity index (χ1) is 6.51. The Morgan fingerprint density at radius 1 is 1.14 bits per heavy atom. The fourth-order valence-electron chi connectivity index (χ4n) is 1.28. The van der Waals surface area contributed by atoms with Crippen LogP contribution < -0.4 is 0 Å². The minimum absolute atomic E-state index is 0.378. The largest absolute Gasteiger partial charge is 0.298 e. The smallest absolute Gasteiger partial charge is 0.150 e. The van der Waals surface area contributed by atoms with Crippen molar-refractivity contribution >= 4 is 6.29 Å². The fraction of sp³-hybridized carbons (Fsp3) is 0.462. The minimum Gasteiger partial charge on any atom is -0.298 e. The second-order valence-corrected chi connectivity index (χ2v) is 4.92. The van der Waals surface area contributed by atoms with Gasteiger partial charge in [0.15, 0.2) is 0 Å². The summed E-state index contributed by atoms with van der Waals surface area (Å²) in [6, 6.07) is 7.83. The summed E-state index contributed by atoms with van der Waals surface area (Å²) in [4.78, 5) is 10.4. The summed E-state index contributed by atoms with van der Waals surface area (Å²) in [6.45, 7) is 6.73. The first-order valence-corrected chi connectivity index (χ1v) is 5.05. The molecule has 1 aromatic rings. The van der Waals surface area contributed by atoms with Crippen LogP contribution in [0.4, 0.5) is 0 Å². The van der Waals surface area contributed by atoms with Gasteiger partial charge in [0, 0.05) is 5.56 Å². The fourth-order valence-corrected chi connectivity index (χ4v) is 1.28. The average Bonchev–Trinajstić information content (AvgIpc) is 2.14. The molecule has 0 spiro atoms. The molecule has 0 saturated heterocycles. The highest BCUT2D eigenvalue weighted by atomic mass is 16.1. The van der Waals surface area contributed by atoms with E-state index in [0.29, 0.717) is 5.41 Å². The molecule has 0 amide bonds. The van der Waals surface area contributed by atoms with E-state index in [0.717, 1.165) is 18.3 Å². The van der Waals surface area contributed by atoms with Gasteiger partial charge in [-0.2, -0.15) is 0 Å². The predicted octanol–water partition coefficient (Wildman–Crippen LogP) is 3.48. The topological polar surface area (TPSA) is 17.1 Å². The first kappa shape index (κ1) is 11.0. The van der Waals surface area contributed by atoms with Gasteiger partial charge in [-0.1, -0.05) is 45.0 Å². The van der Waals surface area contributed by atoms with Gasteiger partial charge in [-0.3, -0.25) is 4.79 Å². The molecule has 0 bridgehead atoms. The van der Waals surface area contributed by atoms with Crippen LogP contribution in [-0.2, 0) is 6.42 Å². The van der Waals surface area contributed by atoms with Gasteiger partial charge in [0.25, 0.3) is 0 Å². The molecule has 1 heteroatoms. The molecular weight excluding hydrogens is 172 g/mol. The van der Waals surface area contributed by atoms with E-state index in [9.17, 15) is 4.79 Å². The molecule has 1 rings (SSSR count). The lowest BCUT2D eigenvalue weighted by atomic mass is 9.88. The van der Waals surface area contributed by atoms with E-state index in [-0.39, 0.29) is 0 Å². The molecule has 1 aromatic carbocycles. The summed E-state index contributed by atoms with van der Waals surface area (Å²) >= 11 is 0. The highest BCUT2D eigenvalue weighted by Gasteiger charge is 2.09. The Morgan fingerprint density at radius 3 is 2.14 bits per heavy atom. The molecule has 0 saturated carbocycles. The van der Waals surface area contributed by atoms with Crippen molar-refractivity contribution < 1.29 is 4.79 Å². The summed E-state index contributed by atoms with van der Waals surface area (Å²) in [7, 11) is 0. The van der Waals surface area contributed by atoms with Gasteiger partial charge in [-0.15, -0.1) is 0 Å². The number of carbonyl (C=O) groups is 1. The molecule has 14 heavy (non-hydrogen) atoms. The quantitative estimate of drug-likeness (QED) is 0.667. The summed E-state index contributed by atoms with van der Waals surface area (Å²) in [5.74, 6) is 0. The third-order valence-corrected chi connectivity index (χ3v) is 2.28. The third-order valence-electron chi connectivity index (χ3n) is 2.28. The maximum Gasteiger partial charge on any atom is 0.150 e. The predicted molar refractivity (Wildman–Crippen MR) is 59.6 cm³/mol. The molecule has 0 unspecified atom stereocenters. The van der Waals surface area contributed by atoms with Gasteiger partial charge in [0.1, 0.15) is 6.29 Å². The van der Waals surface area contributed by atoms with Gasteiger partial charge < -0.3 is 0 Å². The molecule has 0 fully saturated rings. The standard InChI is InChI=1S/C13H18O/c1-13(2,3)9-8-11-4-6-12(10-14)7-5-11/h4-7,10H,8-9H2,1-3H3. The van der Waals surface area contributed by atoms with Crippen LogP contribution >= 0.6 is 0 Å². The number of rotatable bonds is 3. The molecule has 0 atom stereocenters. The SMILES string of the molecule is CC(C)(C)CCc1ccc(C=O)cc1. The summed E-state index contributed by atoms with van der Waals surface area (Å²) in [5, 5.41) is 0. The van der Waals surface area contributed by atoms with Crippen molar-refractivity contribution in [1.29, 1.82) is 0 Å². The van der Waals surface area contributed by atoms with E-state index >= 15 is 0 Å². The lowest BCUT2D eigenvalue weighted by Crippen LogP contribution is -2.06. The molecule has 0 aromatic heterocycles. The number of hydrogen-bond donors (Lipinski definition) is 0. The van der Waals surface area contributed by atoms with E-state index in [2.05, 4.69) is 20.8 Å². The van der Waals surface area contributed by atoms with Crippen molar-refractivity contribution in [3.05, 3.63) is 35.4 Å². The maximum atomic E-state index is 10.4. The molecule has 0 radical (unpaired) electrons. The second kappa shape index (κ2) is 4.41. The van der Waals surface area contributed by atoms with Gasteiger partial charge in [0.2, 0.25) is 0 Å². The molecule has 1 nitrogen and oxygen atoms in total. The van der Waals surface area contributed by atoms with E-state index in [1.54, 1.807) is 0 Å². The maximum absolute atomic E-state index is 10.4. The van der Waals surface area contributed by atoms with Crippen LogP contribution in [0.5, 0.6) is 0 Å². The zero-order valence-corrected chi connectivity index (χ0v) is 9.21. The summed E-state index contributed by atoms with van der Waals surface area (Å²) in [5.41, 5.74) is 2.44. The van der Waals surface area contributed by atoms with E-state index in [4.69, 9.17) is 0 Å². The number of benzene rings is 1. The van der Waals surface area contributed by atoms with Crippen molar-refractivity contribution in [2.45, 2.75) is 33.6 Å². The minimum atomic E-state index is 0.378. The van der Waals surface area contributed by atoms with Crippen LogP contribution in [-0.4, -0.2) is 6.29 Å². The average molecular weight is 190 g/mol. The van der Waals surface area contributed by atoms with Crippen molar-refractivity contribution in [3.63, 3.8) is 0 Å². The number of aryl methyl sites for hydroxylation is 1. The van der Waals surface area contributed by atoms with E-state index in [1.807, 2.05) is 24.3 Å². The normalized spacial score (nSPS) is 11.4. The third kappa shape index (κ3) is 3.73. The van der Waals surface area contributed by atoms with Gasteiger partial charge in [-0.25, -0.2) is 0 Å². The second-order valence-electron chi connectivity index (χ2n) is 4.92. The molecule has 0 aliphatic carbocycles. The molecule has 76 valence electrons. The lowest BCUT2D eigenvalue weighted by molar-refractivity contribution is 0.112. The molecule has 0 N–H and O–H groups in total. The molecule has 0 heterocycles. The van der Waals surface area contributed by atoms with Crippen LogP contribution in [0.2, 0.25) is 0 Å². The summed E-state index contributed by atoms with van der Waals surface area (Å²) in [6.07, 6.45) is 3.14.